The molecule has 0 spiro atoms. The molecule has 4 nitrogen and oxygen atoms in total. The van der Waals surface area contributed by atoms with Crippen LogP contribution in [0, 0.1) is 0 Å². The Labute approximate surface area is 262 Å². The molecule has 4 heteroatoms. The maximum Gasteiger partial charge on any atom is 0.0580 e. The number of hydrogen-bond acceptors (Lipinski definition) is 2. The SMILES string of the molecule is Nc1c(Cn2c3c(c4ccccc42)C=CC(n2c4ccccc4c4ccccc42)C3)ccc2ccccc12.Nc1ccccc1. The van der Waals surface area contributed by atoms with E-state index in [2.05, 4.69) is 130 Å². The Hall–Kier alpha value is -5.74. The molecular formula is C41H34N4. The number of rotatable bonds is 3. The Morgan fingerprint density at radius 1 is 0.556 bits per heavy atom. The van der Waals surface area contributed by atoms with Gasteiger partial charge < -0.3 is 20.6 Å². The van der Waals surface area contributed by atoms with Crippen molar-refractivity contribution in [2.75, 3.05) is 11.5 Å². The maximum atomic E-state index is 6.75. The predicted molar refractivity (Wildman–Crippen MR) is 191 cm³/mol. The molecule has 0 amide bonds. The van der Waals surface area contributed by atoms with Crippen LogP contribution in [-0.2, 0) is 13.0 Å². The molecule has 0 fully saturated rings. The normalized spacial score (nSPS) is 14.1. The molecule has 4 N–H and O–H groups in total. The smallest absolute Gasteiger partial charge is 0.0580 e. The lowest BCUT2D eigenvalue weighted by molar-refractivity contribution is 0.603. The fourth-order valence-corrected chi connectivity index (χ4v) is 7.03. The number of aromatic nitrogens is 2. The molecule has 2 aromatic heterocycles. The fraction of sp³-hybridized carbons (Fsp3) is 0.0732. The summed E-state index contributed by atoms with van der Waals surface area (Å²) >= 11 is 0. The van der Waals surface area contributed by atoms with Crippen LogP contribution >= 0.6 is 0 Å². The molecule has 6 aromatic carbocycles. The van der Waals surface area contributed by atoms with Gasteiger partial charge in [0, 0.05) is 73.7 Å². The Balaban J connectivity index is 0.000000382. The van der Waals surface area contributed by atoms with E-state index in [1.807, 2.05) is 30.3 Å². The Morgan fingerprint density at radius 2 is 1.13 bits per heavy atom. The van der Waals surface area contributed by atoms with Crippen molar-refractivity contribution in [1.82, 2.24) is 9.13 Å². The fourth-order valence-electron chi connectivity index (χ4n) is 7.03. The van der Waals surface area contributed by atoms with Crippen molar-refractivity contribution in [3.05, 3.63) is 162 Å². The standard InChI is InChI=1S/C35H27N3.C6H7N/c36-35-24(18-17-23-9-1-2-10-26(23)35)22-37-31-14-6-3-11-27(31)30-20-19-25(21-34(30)37)38-32-15-7-4-12-28(32)29-13-5-8-16-33(29)38;7-6-4-2-1-3-5-6/h1-20,25H,21-22,36H2;1-5H,7H2. The number of allylic oxidation sites excluding steroid dienone is 1. The van der Waals surface area contributed by atoms with Crippen LogP contribution in [0.3, 0.4) is 0 Å². The Kier molecular flexibility index (Phi) is 6.61. The number of anilines is 2. The lowest BCUT2D eigenvalue weighted by Gasteiger charge is -2.24. The molecule has 1 aliphatic carbocycles. The summed E-state index contributed by atoms with van der Waals surface area (Å²) in [5.74, 6) is 0. The van der Waals surface area contributed by atoms with Crippen molar-refractivity contribution >= 4 is 60.9 Å². The average Bonchev–Trinajstić information content (AvgIpc) is 3.59. The van der Waals surface area contributed by atoms with E-state index in [4.69, 9.17) is 11.5 Å². The Bertz CT molecular complexity index is 2300. The molecule has 1 atom stereocenters. The average molecular weight is 583 g/mol. The van der Waals surface area contributed by atoms with Gasteiger partial charge >= 0.3 is 0 Å². The van der Waals surface area contributed by atoms with Gasteiger partial charge in [0.1, 0.15) is 0 Å². The van der Waals surface area contributed by atoms with E-state index in [1.54, 1.807) is 0 Å². The van der Waals surface area contributed by atoms with Gasteiger partial charge in [0.25, 0.3) is 0 Å². The number of benzene rings is 6. The van der Waals surface area contributed by atoms with Gasteiger partial charge in [-0.25, -0.2) is 0 Å². The van der Waals surface area contributed by atoms with Crippen molar-refractivity contribution in [1.29, 1.82) is 0 Å². The lowest BCUT2D eigenvalue weighted by atomic mass is 9.98. The summed E-state index contributed by atoms with van der Waals surface area (Å²) in [7, 11) is 0. The van der Waals surface area contributed by atoms with E-state index in [-0.39, 0.29) is 6.04 Å². The number of hydrogen-bond donors (Lipinski definition) is 2. The van der Waals surface area contributed by atoms with Crippen LogP contribution < -0.4 is 11.5 Å². The summed E-state index contributed by atoms with van der Waals surface area (Å²) in [5, 5.41) is 6.23. The van der Waals surface area contributed by atoms with Gasteiger partial charge in [-0.1, -0.05) is 121 Å². The summed E-state index contributed by atoms with van der Waals surface area (Å²) < 4.78 is 5.02. The van der Waals surface area contributed by atoms with Crippen molar-refractivity contribution < 1.29 is 0 Å². The van der Waals surface area contributed by atoms with Crippen LogP contribution in [0.15, 0.2) is 146 Å². The second-order valence-corrected chi connectivity index (χ2v) is 11.8. The summed E-state index contributed by atoms with van der Waals surface area (Å²) in [6, 6.07) is 48.8. The molecule has 8 aromatic rings. The molecule has 0 radical (unpaired) electrons. The zero-order valence-electron chi connectivity index (χ0n) is 25.0. The molecule has 218 valence electrons. The highest BCUT2D eigenvalue weighted by atomic mass is 15.0. The van der Waals surface area contributed by atoms with E-state index in [0.29, 0.717) is 0 Å². The van der Waals surface area contributed by atoms with Gasteiger partial charge in [0.05, 0.1) is 6.04 Å². The van der Waals surface area contributed by atoms with Crippen LogP contribution in [0.1, 0.15) is 22.9 Å². The van der Waals surface area contributed by atoms with Gasteiger partial charge in [0.2, 0.25) is 0 Å². The first-order chi connectivity index (χ1) is 22.2. The largest absolute Gasteiger partial charge is 0.399 e. The summed E-state index contributed by atoms with van der Waals surface area (Å²) in [6.07, 6.45) is 5.66. The molecule has 0 bridgehead atoms. The van der Waals surface area contributed by atoms with Gasteiger partial charge in [-0.05, 0) is 41.3 Å². The van der Waals surface area contributed by atoms with E-state index in [0.717, 1.165) is 35.3 Å². The van der Waals surface area contributed by atoms with Gasteiger partial charge in [-0.3, -0.25) is 0 Å². The molecule has 0 aliphatic heterocycles. The molecule has 2 heterocycles. The zero-order valence-corrected chi connectivity index (χ0v) is 25.0. The summed E-state index contributed by atoms with van der Waals surface area (Å²) in [4.78, 5) is 0. The topological polar surface area (TPSA) is 61.9 Å². The zero-order chi connectivity index (χ0) is 30.3. The van der Waals surface area contributed by atoms with Crippen molar-refractivity contribution in [2.45, 2.75) is 19.0 Å². The number of nitrogens with zero attached hydrogens (tertiary/aromatic N) is 2. The van der Waals surface area contributed by atoms with Crippen LogP contribution in [0.2, 0.25) is 0 Å². The van der Waals surface area contributed by atoms with E-state index in [9.17, 15) is 0 Å². The summed E-state index contributed by atoms with van der Waals surface area (Å²) in [5.41, 5.74) is 21.5. The van der Waals surface area contributed by atoms with Crippen LogP contribution in [0.5, 0.6) is 0 Å². The molecule has 1 aliphatic rings. The predicted octanol–water partition coefficient (Wildman–Crippen LogP) is 9.61. The van der Waals surface area contributed by atoms with Crippen LogP contribution in [0.25, 0.3) is 49.6 Å². The first kappa shape index (κ1) is 26.9. The highest BCUT2D eigenvalue weighted by molar-refractivity contribution is 6.08. The third-order valence-corrected chi connectivity index (χ3v) is 9.15. The minimum absolute atomic E-state index is 0.226. The lowest BCUT2D eigenvalue weighted by Crippen LogP contribution is -2.16. The van der Waals surface area contributed by atoms with Gasteiger partial charge in [-0.15, -0.1) is 0 Å². The highest BCUT2D eigenvalue weighted by Gasteiger charge is 2.25. The van der Waals surface area contributed by atoms with E-state index >= 15 is 0 Å². The molecule has 0 saturated heterocycles. The van der Waals surface area contributed by atoms with Crippen molar-refractivity contribution in [3.63, 3.8) is 0 Å². The first-order valence-electron chi connectivity index (χ1n) is 15.5. The molecule has 45 heavy (non-hydrogen) atoms. The second-order valence-electron chi connectivity index (χ2n) is 11.8. The molecule has 0 saturated carbocycles. The Morgan fingerprint density at radius 3 is 1.80 bits per heavy atom. The number of para-hydroxylation sites is 4. The van der Waals surface area contributed by atoms with E-state index in [1.165, 1.54) is 49.4 Å². The van der Waals surface area contributed by atoms with Crippen molar-refractivity contribution in [3.8, 4) is 0 Å². The highest BCUT2D eigenvalue weighted by Crippen LogP contribution is 2.39. The third-order valence-electron chi connectivity index (χ3n) is 9.15. The maximum absolute atomic E-state index is 6.75. The third kappa shape index (κ3) is 4.63. The number of fused-ring (bicyclic) bond motifs is 7. The van der Waals surface area contributed by atoms with Gasteiger partial charge in [0.15, 0.2) is 0 Å². The minimum atomic E-state index is 0.226. The number of nitrogen functional groups attached to an aromatic ring is 2. The molecular weight excluding hydrogens is 548 g/mol. The summed E-state index contributed by atoms with van der Waals surface area (Å²) in [6.45, 7) is 0.750. The monoisotopic (exact) mass is 582 g/mol. The second kappa shape index (κ2) is 11.1. The van der Waals surface area contributed by atoms with Crippen LogP contribution in [0.4, 0.5) is 11.4 Å². The molecule has 9 rings (SSSR count). The van der Waals surface area contributed by atoms with Gasteiger partial charge in [-0.2, -0.15) is 0 Å². The quantitative estimate of drug-likeness (QED) is 0.204. The minimum Gasteiger partial charge on any atom is -0.399 e. The van der Waals surface area contributed by atoms with Crippen molar-refractivity contribution in [2.24, 2.45) is 0 Å². The number of nitrogens with two attached hydrogens (primary N) is 2. The molecule has 1 unspecified atom stereocenters. The first-order valence-corrected chi connectivity index (χ1v) is 15.5. The van der Waals surface area contributed by atoms with Crippen LogP contribution in [-0.4, -0.2) is 9.13 Å². The van der Waals surface area contributed by atoms with E-state index < -0.39 is 0 Å².